The summed E-state index contributed by atoms with van der Waals surface area (Å²) >= 11 is 0. The van der Waals surface area contributed by atoms with Gasteiger partial charge in [-0.3, -0.25) is 4.57 Å². The molecule has 0 spiro atoms. The molecule has 3 heterocycles. The highest BCUT2D eigenvalue weighted by molar-refractivity contribution is 5.86. The maximum Gasteiger partial charge on any atom is 0.407 e. The highest BCUT2D eigenvalue weighted by Crippen LogP contribution is 2.26. The summed E-state index contributed by atoms with van der Waals surface area (Å²) in [7, 11) is 3.69. The Hall–Kier alpha value is -2.84. The van der Waals surface area contributed by atoms with Crippen LogP contribution in [0.2, 0.25) is 0 Å². The standard InChI is InChI=1S/C15H20N6O3/c1-19(2)9-17-13-12-11(5-6-16-13)21(14(22)18-12)10-4-3-7-20(8-10)15(23)24/h5-6,9-10H,3-4,7-8H2,1-2H3,(H,18,22)(H,23,24)/t10-/m1/s1. The average Bonchev–Trinajstić information content (AvgIpc) is 2.89. The number of pyridine rings is 1. The summed E-state index contributed by atoms with van der Waals surface area (Å²) in [5.41, 5.74) is 0.989. The lowest BCUT2D eigenvalue weighted by Crippen LogP contribution is -2.41. The number of hydrogen-bond donors (Lipinski definition) is 2. The quantitative estimate of drug-likeness (QED) is 0.650. The van der Waals surface area contributed by atoms with Crippen molar-refractivity contribution in [3.05, 3.63) is 22.7 Å². The monoisotopic (exact) mass is 332 g/mol. The van der Waals surface area contributed by atoms with Crippen LogP contribution in [0.25, 0.3) is 11.0 Å². The van der Waals surface area contributed by atoms with Crippen molar-refractivity contribution in [3.63, 3.8) is 0 Å². The number of H-pyrrole nitrogens is 1. The summed E-state index contributed by atoms with van der Waals surface area (Å²) in [5.74, 6) is 0.433. The number of nitrogens with one attached hydrogen (secondary N) is 1. The zero-order valence-corrected chi connectivity index (χ0v) is 13.6. The SMILES string of the molecule is CN(C)C=Nc1nccc2c1[nH]c(=O)n2[C@@H]1CCCN(C(=O)O)C1. The van der Waals surface area contributed by atoms with Crippen LogP contribution in [0.15, 0.2) is 22.1 Å². The lowest BCUT2D eigenvalue weighted by molar-refractivity contribution is 0.121. The number of amides is 1. The first-order chi connectivity index (χ1) is 11.5. The highest BCUT2D eigenvalue weighted by Gasteiger charge is 2.27. The van der Waals surface area contributed by atoms with Crippen molar-refractivity contribution in [1.29, 1.82) is 0 Å². The molecule has 2 N–H and O–H groups in total. The minimum atomic E-state index is -0.953. The van der Waals surface area contributed by atoms with Crippen LogP contribution >= 0.6 is 0 Å². The van der Waals surface area contributed by atoms with Crippen LogP contribution in [-0.4, -0.2) is 69.1 Å². The zero-order valence-electron chi connectivity index (χ0n) is 13.6. The second kappa shape index (κ2) is 6.34. The fraction of sp³-hybridized carbons (Fsp3) is 0.467. The Morgan fingerprint density at radius 3 is 3.04 bits per heavy atom. The van der Waals surface area contributed by atoms with Gasteiger partial charge in [-0.1, -0.05) is 0 Å². The van der Waals surface area contributed by atoms with Gasteiger partial charge in [0, 0.05) is 33.4 Å². The van der Waals surface area contributed by atoms with Crippen molar-refractivity contribution in [2.45, 2.75) is 18.9 Å². The first-order valence-electron chi connectivity index (χ1n) is 7.75. The van der Waals surface area contributed by atoms with Crippen molar-refractivity contribution >= 4 is 29.3 Å². The molecule has 0 unspecified atom stereocenters. The van der Waals surface area contributed by atoms with E-state index in [1.165, 1.54) is 4.90 Å². The summed E-state index contributed by atoms with van der Waals surface area (Å²) in [4.78, 5) is 38.1. The predicted molar refractivity (Wildman–Crippen MR) is 90.1 cm³/mol. The zero-order chi connectivity index (χ0) is 17.3. The van der Waals surface area contributed by atoms with Gasteiger partial charge in [0.05, 0.1) is 17.9 Å². The number of piperidine rings is 1. The van der Waals surface area contributed by atoms with E-state index in [1.54, 1.807) is 28.1 Å². The van der Waals surface area contributed by atoms with E-state index in [0.29, 0.717) is 29.9 Å². The maximum absolute atomic E-state index is 12.5. The molecule has 0 aromatic carbocycles. The number of fused-ring (bicyclic) bond motifs is 1. The highest BCUT2D eigenvalue weighted by atomic mass is 16.4. The minimum Gasteiger partial charge on any atom is -0.465 e. The van der Waals surface area contributed by atoms with E-state index in [2.05, 4.69) is 15.0 Å². The summed E-state index contributed by atoms with van der Waals surface area (Å²) in [6, 6.07) is 1.56. The number of likely N-dealkylation sites (tertiary alicyclic amines) is 1. The molecule has 1 aliphatic heterocycles. The van der Waals surface area contributed by atoms with Crippen molar-refractivity contribution in [3.8, 4) is 0 Å². The number of aromatic amines is 1. The first kappa shape index (κ1) is 16.0. The van der Waals surface area contributed by atoms with Crippen LogP contribution < -0.4 is 5.69 Å². The van der Waals surface area contributed by atoms with Gasteiger partial charge in [0.25, 0.3) is 0 Å². The van der Waals surface area contributed by atoms with E-state index < -0.39 is 6.09 Å². The van der Waals surface area contributed by atoms with E-state index in [9.17, 15) is 14.7 Å². The number of hydrogen-bond acceptors (Lipinski definition) is 4. The molecule has 128 valence electrons. The molecule has 1 aliphatic rings. The minimum absolute atomic E-state index is 0.191. The summed E-state index contributed by atoms with van der Waals surface area (Å²) < 4.78 is 1.63. The first-order valence-corrected chi connectivity index (χ1v) is 7.75. The van der Waals surface area contributed by atoms with E-state index >= 15 is 0 Å². The van der Waals surface area contributed by atoms with Crippen LogP contribution in [0.5, 0.6) is 0 Å². The van der Waals surface area contributed by atoms with E-state index in [4.69, 9.17) is 0 Å². The Balaban J connectivity index is 2.03. The molecule has 2 aromatic rings. The van der Waals surface area contributed by atoms with Gasteiger partial charge in [0.2, 0.25) is 0 Å². The molecule has 0 aliphatic carbocycles. The summed E-state index contributed by atoms with van der Waals surface area (Å²) in [6.07, 6.45) is 3.75. The number of aromatic nitrogens is 3. The van der Waals surface area contributed by atoms with E-state index in [-0.39, 0.29) is 11.7 Å². The number of nitrogens with zero attached hydrogens (tertiary/aromatic N) is 5. The van der Waals surface area contributed by atoms with Crippen molar-refractivity contribution in [2.24, 2.45) is 4.99 Å². The number of imidazole rings is 1. The molecule has 0 saturated carbocycles. The molecular weight excluding hydrogens is 312 g/mol. The Kier molecular flexibility index (Phi) is 4.24. The Labute approximate surface area is 138 Å². The summed E-state index contributed by atoms with van der Waals surface area (Å²) in [5, 5.41) is 9.20. The second-order valence-corrected chi connectivity index (χ2v) is 6.06. The van der Waals surface area contributed by atoms with Gasteiger partial charge >= 0.3 is 11.8 Å². The van der Waals surface area contributed by atoms with Crippen LogP contribution in [-0.2, 0) is 0 Å². The third-order valence-electron chi connectivity index (χ3n) is 4.06. The smallest absolute Gasteiger partial charge is 0.407 e. The third-order valence-corrected chi connectivity index (χ3v) is 4.06. The molecular formula is C15H20N6O3. The average molecular weight is 332 g/mol. The molecule has 24 heavy (non-hydrogen) atoms. The third kappa shape index (κ3) is 2.97. The number of rotatable bonds is 3. The van der Waals surface area contributed by atoms with Crippen LogP contribution in [0.4, 0.5) is 10.6 Å². The Bertz CT molecular complexity index is 837. The van der Waals surface area contributed by atoms with Crippen LogP contribution in [0.3, 0.4) is 0 Å². The number of carboxylic acid groups (broad SMARTS) is 1. The lowest BCUT2D eigenvalue weighted by atomic mass is 10.1. The van der Waals surface area contributed by atoms with Gasteiger partial charge in [-0.15, -0.1) is 0 Å². The van der Waals surface area contributed by atoms with Crippen molar-refractivity contribution in [2.75, 3.05) is 27.2 Å². The fourth-order valence-electron chi connectivity index (χ4n) is 3.01. The van der Waals surface area contributed by atoms with Gasteiger partial charge in [0.1, 0.15) is 5.52 Å². The van der Waals surface area contributed by atoms with Gasteiger partial charge in [-0.2, -0.15) is 0 Å². The van der Waals surface area contributed by atoms with Gasteiger partial charge in [0.15, 0.2) is 5.82 Å². The fourth-order valence-corrected chi connectivity index (χ4v) is 3.01. The molecule has 1 atom stereocenters. The Morgan fingerprint density at radius 1 is 1.54 bits per heavy atom. The molecule has 0 radical (unpaired) electrons. The van der Waals surface area contributed by atoms with Gasteiger partial charge < -0.3 is 19.9 Å². The second-order valence-electron chi connectivity index (χ2n) is 6.06. The topological polar surface area (TPSA) is 107 Å². The molecule has 1 fully saturated rings. The lowest BCUT2D eigenvalue weighted by Gasteiger charge is -2.31. The van der Waals surface area contributed by atoms with E-state index in [1.807, 2.05) is 14.1 Å². The summed E-state index contributed by atoms with van der Waals surface area (Å²) in [6.45, 7) is 0.809. The largest absolute Gasteiger partial charge is 0.465 e. The maximum atomic E-state index is 12.5. The number of carbonyl (C=O) groups is 1. The molecule has 1 amide bonds. The molecule has 9 nitrogen and oxygen atoms in total. The number of aliphatic imine (C=N–C) groups is 1. The molecule has 1 saturated heterocycles. The van der Waals surface area contributed by atoms with Crippen LogP contribution in [0.1, 0.15) is 18.9 Å². The normalized spacial score (nSPS) is 18.4. The van der Waals surface area contributed by atoms with Crippen LogP contribution in [0, 0.1) is 0 Å². The van der Waals surface area contributed by atoms with E-state index in [0.717, 1.165) is 12.8 Å². The van der Waals surface area contributed by atoms with Gasteiger partial charge in [-0.05, 0) is 18.9 Å². The van der Waals surface area contributed by atoms with Crippen molar-refractivity contribution in [1.82, 2.24) is 24.3 Å². The molecule has 3 rings (SSSR count). The Morgan fingerprint density at radius 2 is 2.33 bits per heavy atom. The van der Waals surface area contributed by atoms with Crippen molar-refractivity contribution < 1.29 is 9.90 Å². The van der Waals surface area contributed by atoms with Gasteiger partial charge in [-0.25, -0.2) is 19.6 Å². The molecule has 2 aromatic heterocycles. The molecule has 0 bridgehead atoms. The molecule has 9 heteroatoms. The predicted octanol–water partition coefficient (Wildman–Crippen LogP) is 1.26.